The summed E-state index contributed by atoms with van der Waals surface area (Å²) in [5, 5.41) is 14.4. The number of thioether (sulfide) groups is 1. The molecule has 24 heavy (non-hydrogen) atoms. The van der Waals surface area contributed by atoms with Gasteiger partial charge in [0.05, 0.1) is 16.9 Å². The Morgan fingerprint density at radius 2 is 2.04 bits per heavy atom. The number of non-ortho nitro benzene ring substituents is 1. The lowest BCUT2D eigenvalue weighted by Gasteiger charge is -2.02. The molecule has 6 nitrogen and oxygen atoms in total. The molecule has 1 N–H and O–H groups in total. The molecule has 1 amide bonds. The fourth-order valence-electron chi connectivity index (χ4n) is 1.78. The minimum Gasteiger partial charge on any atom is -0.272 e. The molecule has 0 fully saturated rings. The molecular formula is C16H14BrN3O3S. The number of hydrazone groups is 1. The van der Waals surface area contributed by atoms with Crippen LogP contribution in [0.4, 0.5) is 5.69 Å². The summed E-state index contributed by atoms with van der Waals surface area (Å²) in [6.07, 6.45) is 1.45. The van der Waals surface area contributed by atoms with E-state index >= 15 is 0 Å². The van der Waals surface area contributed by atoms with Gasteiger partial charge in [-0.25, -0.2) is 5.43 Å². The molecule has 2 aromatic rings. The number of nitro groups is 1. The highest BCUT2D eigenvalue weighted by Crippen LogP contribution is 2.16. The molecule has 0 aliphatic heterocycles. The van der Waals surface area contributed by atoms with Crippen LogP contribution < -0.4 is 5.43 Å². The molecule has 124 valence electrons. The topological polar surface area (TPSA) is 84.6 Å². The summed E-state index contributed by atoms with van der Waals surface area (Å²) in [4.78, 5) is 21.8. The summed E-state index contributed by atoms with van der Waals surface area (Å²) < 4.78 is 1.01. The van der Waals surface area contributed by atoms with Gasteiger partial charge in [0, 0.05) is 22.4 Å². The quantitative estimate of drug-likeness (QED) is 0.430. The summed E-state index contributed by atoms with van der Waals surface area (Å²) in [5.74, 6) is 0.830. The van der Waals surface area contributed by atoms with Crippen LogP contribution in [0.5, 0.6) is 0 Å². The minimum atomic E-state index is -0.467. The third kappa shape index (κ3) is 6.13. The zero-order valence-corrected chi connectivity index (χ0v) is 14.9. The number of nitrogens with one attached hydrogen (secondary N) is 1. The van der Waals surface area contributed by atoms with Crippen LogP contribution >= 0.6 is 27.7 Å². The maximum absolute atomic E-state index is 11.7. The molecule has 0 aromatic heterocycles. The lowest BCUT2D eigenvalue weighted by molar-refractivity contribution is -0.384. The normalized spacial score (nSPS) is 10.7. The first-order chi connectivity index (χ1) is 11.5. The first-order valence-corrected chi connectivity index (χ1v) is 8.88. The summed E-state index contributed by atoms with van der Waals surface area (Å²) in [7, 11) is 0. The van der Waals surface area contributed by atoms with Crippen molar-refractivity contribution in [3.8, 4) is 0 Å². The van der Waals surface area contributed by atoms with E-state index < -0.39 is 4.92 Å². The van der Waals surface area contributed by atoms with Crippen molar-refractivity contribution in [1.82, 2.24) is 5.43 Å². The molecule has 0 aliphatic rings. The molecule has 0 heterocycles. The van der Waals surface area contributed by atoms with E-state index in [1.54, 1.807) is 12.1 Å². The van der Waals surface area contributed by atoms with E-state index in [0.29, 0.717) is 11.3 Å². The Bertz CT molecular complexity index is 750. The number of amides is 1. The summed E-state index contributed by atoms with van der Waals surface area (Å²) in [5.41, 5.74) is 4.25. The van der Waals surface area contributed by atoms with Crippen molar-refractivity contribution in [3.05, 3.63) is 74.2 Å². The Labute approximate surface area is 151 Å². The van der Waals surface area contributed by atoms with Crippen molar-refractivity contribution in [2.45, 2.75) is 5.75 Å². The van der Waals surface area contributed by atoms with Gasteiger partial charge in [-0.3, -0.25) is 14.9 Å². The third-order valence-electron chi connectivity index (χ3n) is 2.90. The van der Waals surface area contributed by atoms with E-state index in [9.17, 15) is 14.9 Å². The predicted molar refractivity (Wildman–Crippen MR) is 99.1 cm³/mol. The molecule has 0 unspecified atom stereocenters. The lowest BCUT2D eigenvalue weighted by atomic mass is 10.2. The van der Waals surface area contributed by atoms with Crippen molar-refractivity contribution < 1.29 is 9.72 Å². The Hall–Kier alpha value is -2.19. The Morgan fingerprint density at radius 1 is 1.29 bits per heavy atom. The highest BCUT2D eigenvalue weighted by Gasteiger charge is 2.03. The zero-order chi connectivity index (χ0) is 17.4. The monoisotopic (exact) mass is 407 g/mol. The molecule has 0 saturated heterocycles. The van der Waals surface area contributed by atoms with Crippen LogP contribution in [0.1, 0.15) is 11.1 Å². The number of carbonyl (C=O) groups is 1. The molecule has 2 aromatic carbocycles. The fraction of sp³-hybridized carbons (Fsp3) is 0.125. The van der Waals surface area contributed by atoms with E-state index in [1.165, 1.54) is 30.1 Å². The third-order valence-corrected chi connectivity index (χ3v) is 4.39. The average Bonchev–Trinajstić information content (AvgIpc) is 2.55. The summed E-state index contributed by atoms with van der Waals surface area (Å²) in [6, 6.07) is 13.8. The molecule has 2 rings (SSSR count). The molecule has 8 heteroatoms. The molecule has 0 radical (unpaired) electrons. The van der Waals surface area contributed by atoms with E-state index in [4.69, 9.17) is 0 Å². The SMILES string of the molecule is O=C(CSCc1cccc(Br)c1)N/N=C\c1ccc([N+](=O)[O-])cc1. The fourth-order valence-corrected chi connectivity index (χ4v) is 3.00. The van der Waals surface area contributed by atoms with E-state index in [0.717, 1.165) is 15.8 Å². The van der Waals surface area contributed by atoms with Gasteiger partial charge in [0.25, 0.3) is 5.69 Å². The van der Waals surface area contributed by atoms with Crippen LogP contribution in [0.15, 0.2) is 58.1 Å². The second-order valence-electron chi connectivity index (χ2n) is 4.76. The number of carbonyl (C=O) groups excluding carboxylic acids is 1. The summed E-state index contributed by atoms with van der Waals surface area (Å²) >= 11 is 4.90. The number of nitro benzene ring substituents is 1. The highest BCUT2D eigenvalue weighted by molar-refractivity contribution is 9.10. The number of benzene rings is 2. The van der Waals surface area contributed by atoms with Gasteiger partial charge in [-0.05, 0) is 35.4 Å². The van der Waals surface area contributed by atoms with Crippen LogP contribution in [0.3, 0.4) is 0 Å². The molecule has 0 aliphatic carbocycles. The number of nitrogens with zero attached hydrogens (tertiary/aromatic N) is 2. The van der Waals surface area contributed by atoms with Gasteiger partial charge in [-0.2, -0.15) is 5.10 Å². The first-order valence-electron chi connectivity index (χ1n) is 6.93. The van der Waals surface area contributed by atoms with Crippen molar-refractivity contribution in [2.24, 2.45) is 5.10 Å². The molecular weight excluding hydrogens is 394 g/mol. The van der Waals surface area contributed by atoms with Crippen LogP contribution in [-0.2, 0) is 10.5 Å². The highest BCUT2D eigenvalue weighted by atomic mass is 79.9. The average molecular weight is 408 g/mol. The van der Waals surface area contributed by atoms with Crippen LogP contribution in [0.2, 0.25) is 0 Å². The Kier molecular flexibility index (Phi) is 6.95. The molecule has 0 spiro atoms. The maximum atomic E-state index is 11.7. The van der Waals surface area contributed by atoms with Gasteiger partial charge < -0.3 is 0 Å². The zero-order valence-electron chi connectivity index (χ0n) is 12.5. The van der Waals surface area contributed by atoms with E-state index in [2.05, 4.69) is 26.5 Å². The van der Waals surface area contributed by atoms with Gasteiger partial charge in [0.15, 0.2) is 0 Å². The van der Waals surface area contributed by atoms with Crippen LogP contribution in [0.25, 0.3) is 0 Å². The van der Waals surface area contributed by atoms with Crippen LogP contribution in [0, 0.1) is 10.1 Å². The van der Waals surface area contributed by atoms with Gasteiger partial charge in [-0.1, -0.05) is 28.1 Å². The minimum absolute atomic E-state index is 0.0140. The first kappa shape index (κ1) is 18.2. The standard InChI is InChI=1S/C16H14BrN3O3S/c17-14-3-1-2-13(8-14)10-24-11-16(21)19-18-9-12-4-6-15(7-5-12)20(22)23/h1-9H,10-11H2,(H,19,21)/b18-9-. The van der Waals surface area contributed by atoms with E-state index in [-0.39, 0.29) is 11.6 Å². The van der Waals surface area contributed by atoms with Gasteiger partial charge in [-0.15, -0.1) is 11.8 Å². The molecule has 0 saturated carbocycles. The second kappa shape index (κ2) is 9.19. The number of hydrogen-bond donors (Lipinski definition) is 1. The lowest BCUT2D eigenvalue weighted by Crippen LogP contribution is -2.19. The number of rotatable bonds is 7. The molecule has 0 atom stereocenters. The predicted octanol–water partition coefficient (Wildman–Crippen LogP) is 3.74. The number of hydrogen-bond acceptors (Lipinski definition) is 5. The number of halogens is 1. The maximum Gasteiger partial charge on any atom is 0.269 e. The van der Waals surface area contributed by atoms with Crippen molar-refractivity contribution in [2.75, 3.05) is 5.75 Å². The van der Waals surface area contributed by atoms with Gasteiger partial charge in [0.2, 0.25) is 5.91 Å². The van der Waals surface area contributed by atoms with Crippen molar-refractivity contribution in [1.29, 1.82) is 0 Å². The van der Waals surface area contributed by atoms with Crippen molar-refractivity contribution in [3.63, 3.8) is 0 Å². The second-order valence-corrected chi connectivity index (χ2v) is 6.67. The Balaban J connectivity index is 1.73. The van der Waals surface area contributed by atoms with Crippen molar-refractivity contribution >= 4 is 45.5 Å². The largest absolute Gasteiger partial charge is 0.272 e. The van der Waals surface area contributed by atoms with E-state index in [1.807, 2.05) is 24.3 Å². The molecule has 0 bridgehead atoms. The summed E-state index contributed by atoms with van der Waals surface area (Å²) in [6.45, 7) is 0. The van der Waals surface area contributed by atoms with Crippen LogP contribution in [-0.4, -0.2) is 22.8 Å². The van der Waals surface area contributed by atoms with Gasteiger partial charge >= 0.3 is 0 Å². The Morgan fingerprint density at radius 3 is 2.71 bits per heavy atom. The van der Waals surface area contributed by atoms with Gasteiger partial charge in [0.1, 0.15) is 0 Å². The smallest absolute Gasteiger partial charge is 0.269 e.